The predicted molar refractivity (Wildman–Crippen MR) is 147 cm³/mol. The summed E-state index contributed by atoms with van der Waals surface area (Å²) in [5.41, 5.74) is 1.86. The number of nitriles is 1. The van der Waals surface area contributed by atoms with Gasteiger partial charge in [-0.05, 0) is 57.0 Å². The van der Waals surface area contributed by atoms with Gasteiger partial charge in [0, 0.05) is 30.4 Å². The SMILES string of the molecule is CCOC(=O)C(C#N)=Cc1cn(-c2ccccc2)nc1-c1cccc(S(=O)(=O)N2CCC(C(=O)OCC)CC2)c1. The second-order valence-corrected chi connectivity index (χ2v) is 11.0. The summed E-state index contributed by atoms with van der Waals surface area (Å²) in [6.07, 6.45) is 3.83. The van der Waals surface area contributed by atoms with Gasteiger partial charge in [-0.2, -0.15) is 14.7 Å². The van der Waals surface area contributed by atoms with Crippen molar-refractivity contribution in [2.24, 2.45) is 5.92 Å². The number of aromatic nitrogens is 2. The van der Waals surface area contributed by atoms with Gasteiger partial charge in [0.05, 0.1) is 29.7 Å². The number of ether oxygens (including phenoxy) is 2. The Kier molecular flexibility index (Phi) is 9.14. The van der Waals surface area contributed by atoms with Gasteiger partial charge in [0.15, 0.2) is 0 Å². The number of rotatable bonds is 9. The zero-order valence-corrected chi connectivity index (χ0v) is 23.1. The number of para-hydroxylation sites is 1. The molecule has 1 saturated heterocycles. The monoisotopic (exact) mass is 562 g/mol. The third-order valence-electron chi connectivity index (χ3n) is 6.50. The summed E-state index contributed by atoms with van der Waals surface area (Å²) in [6, 6.07) is 17.5. The molecule has 2 aromatic carbocycles. The standard InChI is InChI=1S/C29H30N4O6S/c1-3-38-28(34)21-13-15-32(16-14-21)40(36,37)26-12-8-9-22(18-26)27-24(17-23(19-30)29(35)39-4-2)20-33(31-27)25-10-6-5-7-11-25/h5-12,17-18,20-21H,3-4,13-16H2,1-2H3. The summed E-state index contributed by atoms with van der Waals surface area (Å²) < 4.78 is 40.1. The molecule has 3 aromatic rings. The first-order chi connectivity index (χ1) is 19.3. The summed E-state index contributed by atoms with van der Waals surface area (Å²) in [4.78, 5) is 24.5. The van der Waals surface area contributed by atoms with Crippen LogP contribution in [0.1, 0.15) is 32.3 Å². The number of nitrogens with zero attached hydrogens (tertiary/aromatic N) is 4. The molecule has 0 spiro atoms. The highest BCUT2D eigenvalue weighted by atomic mass is 32.2. The summed E-state index contributed by atoms with van der Waals surface area (Å²) >= 11 is 0. The fraction of sp³-hybridized carbons (Fsp3) is 0.310. The first-order valence-electron chi connectivity index (χ1n) is 13.0. The molecule has 0 amide bonds. The smallest absolute Gasteiger partial charge is 0.348 e. The minimum Gasteiger partial charge on any atom is -0.466 e. The minimum absolute atomic E-state index is 0.0784. The molecule has 0 N–H and O–H groups in total. The predicted octanol–water partition coefficient (Wildman–Crippen LogP) is 3.97. The fourth-order valence-electron chi connectivity index (χ4n) is 4.48. The van der Waals surface area contributed by atoms with Gasteiger partial charge in [-0.3, -0.25) is 4.79 Å². The average molecular weight is 563 g/mol. The second kappa shape index (κ2) is 12.7. The largest absolute Gasteiger partial charge is 0.466 e. The lowest BCUT2D eigenvalue weighted by Crippen LogP contribution is -2.40. The molecule has 2 heterocycles. The van der Waals surface area contributed by atoms with Gasteiger partial charge in [-0.15, -0.1) is 0 Å². The maximum Gasteiger partial charge on any atom is 0.348 e. The molecule has 10 nitrogen and oxygen atoms in total. The Bertz CT molecular complexity index is 1550. The molecule has 208 valence electrons. The van der Waals surface area contributed by atoms with E-state index < -0.39 is 16.0 Å². The minimum atomic E-state index is -3.86. The molecule has 0 saturated carbocycles. The molecule has 0 atom stereocenters. The highest BCUT2D eigenvalue weighted by molar-refractivity contribution is 7.89. The van der Waals surface area contributed by atoms with Gasteiger partial charge in [0.2, 0.25) is 10.0 Å². The van der Waals surface area contributed by atoms with Crippen LogP contribution in [0.3, 0.4) is 0 Å². The van der Waals surface area contributed by atoms with Crippen LogP contribution >= 0.6 is 0 Å². The number of piperidine rings is 1. The van der Waals surface area contributed by atoms with Crippen LogP contribution < -0.4 is 0 Å². The number of benzene rings is 2. The van der Waals surface area contributed by atoms with Crippen LogP contribution in [0.15, 0.2) is 71.3 Å². The molecule has 0 radical (unpaired) electrons. The molecule has 1 aliphatic rings. The normalized spacial score (nSPS) is 14.9. The Morgan fingerprint density at radius 2 is 1.75 bits per heavy atom. The van der Waals surface area contributed by atoms with E-state index in [1.165, 1.54) is 22.5 Å². The zero-order chi connectivity index (χ0) is 28.7. The average Bonchev–Trinajstić information content (AvgIpc) is 3.40. The van der Waals surface area contributed by atoms with E-state index in [4.69, 9.17) is 9.47 Å². The number of hydrogen-bond donors (Lipinski definition) is 0. The topological polar surface area (TPSA) is 132 Å². The fourth-order valence-corrected chi connectivity index (χ4v) is 5.99. The van der Waals surface area contributed by atoms with Gasteiger partial charge < -0.3 is 9.47 Å². The van der Waals surface area contributed by atoms with Crippen molar-refractivity contribution in [1.82, 2.24) is 14.1 Å². The molecule has 0 aliphatic carbocycles. The van der Waals surface area contributed by atoms with Crippen molar-refractivity contribution in [2.45, 2.75) is 31.6 Å². The van der Waals surface area contributed by atoms with Crippen LogP contribution in [0, 0.1) is 17.2 Å². The third-order valence-corrected chi connectivity index (χ3v) is 8.39. The maximum atomic E-state index is 13.5. The van der Waals surface area contributed by atoms with Crippen LogP contribution in [0.2, 0.25) is 0 Å². The first-order valence-corrected chi connectivity index (χ1v) is 14.4. The van der Waals surface area contributed by atoms with Gasteiger partial charge >= 0.3 is 11.9 Å². The Hall–Kier alpha value is -4.27. The molecule has 0 bridgehead atoms. The number of hydrogen-bond acceptors (Lipinski definition) is 8. The zero-order valence-electron chi connectivity index (χ0n) is 22.3. The van der Waals surface area contributed by atoms with Gasteiger partial charge in [0.1, 0.15) is 17.3 Å². The van der Waals surface area contributed by atoms with Crippen molar-refractivity contribution in [2.75, 3.05) is 26.3 Å². The number of sulfonamides is 1. The number of esters is 2. The van der Waals surface area contributed by atoms with Crippen LogP contribution in [-0.4, -0.2) is 60.7 Å². The van der Waals surface area contributed by atoms with Gasteiger partial charge in [0.25, 0.3) is 0 Å². The Labute approximate surface area is 233 Å². The lowest BCUT2D eigenvalue weighted by atomic mass is 9.98. The van der Waals surface area contributed by atoms with Crippen molar-refractivity contribution in [3.8, 4) is 23.0 Å². The maximum absolute atomic E-state index is 13.5. The van der Waals surface area contributed by atoms with E-state index in [1.807, 2.05) is 36.4 Å². The van der Waals surface area contributed by atoms with E-state index in [9.17, 15) is 23.3 Å². The van der Waals surface area contributed by atoms with E-state index in [0.717, 1.165) is 5.69 Å². The van der Waals surface area contributed by atoms with Crippen LogP contribution in [0.25, 0.3) is 23.0 Å². The lowest BCUT2D eigenvalue weighted by molar-refractivity contribution is -0.149. The molecule has 40 heavy (non-hydrogen) atoms. The summed E-state index contributed by atoms with van der Waals surface area (Å²) in [5.74, 6) is -1.37. The molecule has 0 unspecified atom stereocenters. The molecule has 1 aromatic heterocycles. The van der Waals surface area contributed by atoms with Gasteiger partial charge in [-0.25, -0.2) is 17.9 Å². The van der Waals surface area contributed by atoms with E-state index in [0.29, 0.717) is 29.7 Å². The summed E-state index contributed by atoms with van der Waals surface area (Å²) in [7, 11) is -3.86. The quantitative estimate of drug-likeness (QED) is 0.217. The van der Waals surface area contributed by atoms with Crippen molar-refractivity contribution in [3.63, 3.8) is 0 Å². The third kappa shape index (κ3) is 6.30. The number of carbonyl (C=O) groups is 2. The number of carbonyl (C=O) groups excluding carboxylic acids is 2. The molecule has 1 fully saturated rings. The molecular weight excluding hydrogens is 532 g/mol. The first kappa shape index (κ1) is 28.7. The Morgan fingerprint density at radius 3 is 2.40 bits per heavy atom. The molecular formula is C29H30N4O6S. The summed E-state index contributed by atoms with van der Waals surface area (Å²) in [6.45, 7) is 4.21. The van der Waals surface area contributed by atoms with Gasteiger partial charge in [-0.1, -0.05) is 30.3 Å². The van der Waals surface area contributed by atoms with Crippen molar-refractivity contribution in [1.29, 1.82) is 5.26 Å². The van der Waals surface area contributed by atoms with Crippen molar-refractivity contribution >= 4 is 28.0 Å². The van der Waals surface area contributed by atoms with Crippen molar-refractivity contribution in [3.05, 3.63) is 71.9 Å². The van der Waals surface area contributed by atoms with E-state index in [-0.39, 0.29) is 48.7 Å². The lowest BCUT2D eigenvalue weighted by Gasteiger charge is -2.30. The van der Waals surface area contributed by atoms with E-state index in [1.54, 1.807) is 36.9 Å². The highest BCUT2D eigenvalue weighted by Gasteiger charge is 2.33. The van der Waals surface area contributed by atoms with Crippen LogP contribution in [0.4, 0.5) is 0 Å². The second-order valence-electron chi connectivity index (χ2n) is 9.06. The molecule has 11 heteroatoms. The van der Waals surface area contributed by atoms with Crippen molar-refractivity contribution < 1.29 is 27.5 Å². The molecule has 4 rings (SSSR count). The summed E-state index contributed by atoms with van der Waals surface area (Å²) in [5, 5.41) is 14.3. The Balaban J connectivity index is 1.70. The van der Waals surface area contributed by atoms with E-state index in [2.05, 4.69) is 5.10 Å². The van der Waals surface area contributed by atoms with E-state index >= 15 is 0 Å². The Morgan fingerprint density at radius 1 is 1.05 bits per heavy atom. The van der Waals surface area contributed by atoms with Crippen LogP contribution in [0.5, 0.6) is 0 Å². The highest BCUT2D eigenvalue weighted by Crippen LogP contribution is 2.30. The molecule has 1 aliphatic heterocycles. The van der Waals surface area contributed by atoms with Crippen LogP contribution in [-0.2, 0) is 29.1 Å².